The SMILES string of the molecule is Cc1[nH]n(-c2ccc(F)cc2)c(=O)c1C=Nc1cccc(O)c1. The summed E-state index contributed by atoms with van der Waals surface area (Å²) in [5.74, 6) is -0.259. The van der Waals surface area contributed by atoms with Gasteiger partial charge in [0.1, 0.15) is 11.6 Å². The van der Waals surface area contributed by atoms with Gasteiger partial charge in [0.05, 0.1) is 16.9 Å². The smallest absolute Gasteiger partial charge is 0.280 e. The van der Waals surface area contributed by atoms with Crippen molar-refractivity contribution in [2.75, 3.05) is 0 Å². The summed E-state index contributed by atoms with van der Waals surface area (Å²) in [6, 6.07) is 12.0. The molecule has 1 heterocycles. The molecule has 3 aromatic rings. The molecule has 5 nitrogen and oxygen atoms in total. The Kier molecular flexibility index (Phi) is 3.80. The van der Waals surface area contributed by atoms with Crippen LogP contribution in [0.1, 0.15) is 11.3 Å². The van der Waals surface area contributed by atoms with Crippen molar-refractivity contribution in [2.24, 2.45) is 4.99 Å². The molecule has 2 N–H and O–H groups in total. The molecule has 0 fully saturated rings. The molecule has 0 unspecified atom stereocenters. The molecule has 0 amide bonds. The number of nitrogens with zero attached hydrogens (tertiary/aromatic N) is 2. The van der Waals surface area contributed by atoms with Gasteiger partial charge < -0.3 is 5.11 Å². The first-order chi connectivity index (χ1) is 11.0. The second-order valence-corrected chi connectivity index (χ2v) is 5.05. The summed E-state index contributed by atoms with van der Waals surface area (Å²) in [6.45, 7) is 1.76. The number of aromatic nitrogens is 2. The summed E-state index contributed by atoms with van der Waals surface area (Å²) in [5.41, 5.74) is 1.84. The van der Waals surface area contributed by atoms with Crippen LogP contribution in [0.15, 0.2) is 58.3 Å². The fourth-order valence-corrected chi connectivity index (χ4v) is 2.20. The third-order valence-electron chi connectivity index (χ3n) is 3.37. The largest absolute Gasteiger partial charge is 0.508 e. The van der Waals surface area contributed by atoms with Gasteiger partial charge in [0.15, 0.2) is 0 Å². The highest BCUT2D eigenvalue weighted by Gasteiger charge is 2.10. The van der Waals surface area contributed by atoms with E-state index in [-0.39, 0.29) is 17.1 Å². The number of phenolic OH excluding ortho intramolecular Hbond substituents is 1. The number of hydrogen-bond acceptors (Lipinski definition) is 3. The molecule has 0 saturated heterocycles. The van der Waals surface area contributed by atoms with Crippen LogP contribution in [0.5, 0.6) is 5.75 Å². The molecule has 116 valence electrons. The van der Waals surface area contributed by atoms with Crippen LogP contribution in [-0.4, -0.2) is 21.1 Å². The first-order valence-electron chi connectivity index (χ1n) is 6.95. The maximum Gasteiger partial charge on any atom is 0.280 e. The zero-order chi connectivity index (χ0) is 16.4. The summed E-state index contributed by atoms with van der Waals surface area (Å²) in [4.78, 5) is 16.7. The van der Waals surface area contributed by atoms with Crippen molar-refractivity contribution in [1.29, 1.82) is 0 Å². The van der Waals surface area contributed by atoms with E-state index < -0.39 is 0 Å². The lowest BCUT2D eigenvalue weighted by atomic mass is 10.2. The highest BCUT2D eigenvalue weighted by molar-refractivity contribution is 5.83. The molecule has 0 atom stereocenters. The predicted molar refractivity (Wildman–Crippen MR) is 86.4 cm³/mol. The van der Waals surface area contributed by atoms with Crippen LogP contribution in [0.25, 0.3) is 5.69 Å². The van der Waals surface area contributed by atoms with Gasteiger partial charge in [-0.15, -0.1) is 0 Å². The maximum atomic E-state index is 13.0. The van der Waals surface area contributed by atoms with Crippen LogP contribution >= 0.6 is 0 Å². The van der Waals surface area contributed by atoms with Crippen LogP contribution in [0.3, 0.4) is 0 Å². The molecule has 0 aliphatic heterocycles. The number of phenols is 1. The molecule has 0 spiro atoms. The van der Waals surface area contributed by atoms with Gasteiger partial charge in [-0.05, 0) is 43.3 Å². The normalized spacial score (nSPS) is 11.2. The van der Waals surface area contributed by atoms with E-state index >= 15 is 0 Å². The van der Waals surface area contributed by atoms with Crippen LogP contribution < -0.4 is 5.56 Å². The van der Waals surface area contributed by atoms with Crippen molar-refractivity contribution >= 4 is 11.9 Å². The molecule has 1 aromatic heterocycles. The number of nitrogens with one attached hydrogen (secondary N) is 1. The maximum absolute atomic E-state index is 13.0. The lowest BCUT2D eigenvalue weighted by Gasteiger charge is -2.00. The number of halogens is 1. The van der Waals surface area contributed by atoms with Gasteiger partial charge in [-0.25, -0.2) is 9.07 Å². The number of aromatic hydroxyl groups is 1. The summed E-state index contributed by atoms with van der Waals surface area (Å²) in [5, 5.41) is 12.4. The number of benzene rings is 2. The highest BCUT2D eigenvalue weighted by atomic mass is 19.1. The van der Waals surface area contributed by atoms with Gasteiger partial charge in [-0.1, -0.05) is 6.07 Å². The number of aliphatic imine (C=N–C) groups is 1. The lowest BCUT2D eigenvalue weighted by molar-refractivity contribution is 0.475. The minimum atomic E-state index is -0.365. The van der Waals surface area contributed by atoms with Gasteiger partial charge in [0, 0.05) is 18.0 Å². The zero-order valence-corrected chi connectivity index (χ0v) is 12.3. The average Bonchev–Trinajstić information content (AvgIpc) is 2.81. The number of rotatable bonds is 3. The van der Waals surface area contributed by atoms with E-state index in [1.165, 1.54) is 41.2 Å². The Balaban J connectivity index is 1.98. The average molecular weight is 311 g/mol. The predicted octanol–water partition coefficient (Wildman–Crippen LogP) is 3.07. The fraction of sp³-hybridized carbons (Fsp3) is 0.0588. The van der Waals surface area contributed by atoms with Crippen molar-refractivity contribution in [3.05, 3.63) is 76.0 Å². The molecule has 0 saturated carbocycles. The van der Waals surface area contributed by atoms with E-state index in [2.05, 4.69) is 10.1 Å². The topological polar surface area (TPSA) is 70.4 Å². The van der Waals surface area contributed by atoms with E-state index in [0.717, 1.165) is 0 Å². The zero-order valence-electron chi connectivity index (χ0n) is 12.3. The van der Waals surface area contributed by atoms with Gasteiger partial charge in [0.25, 0.3) is 5.56 Å². The third kappa shape index (κ3) is 3.06. The van der Waals surface area contributed by atoms with Crippen molar-refractivity contribution in [3.8, 4) is 11.4 Å². The van der Waals surface area contributed by atoms with Crippen LogP contribution in [0.2, 0.25) is 0 Å². The van der Waals surface area contributed by atoms with E-state index in [0.29, 0.717) is 22.6 Å². The van der Waals surface area contributed by atoms with Crippen LogP contribution in [-0.2, 0) is 0 Å². The Morgan fingerprint density at radius 1 is 1.22 bits per heavy atom. The molecule has 0 aliphatic carbocycles. The first kappa shape index (κ1) is 14.8. The van der Waals surface area contributed by atoms with E-state index in [4.69, 9.17) is 0 Å². The quantitative estimate of drug-likeness (QED) is 0.730. The van der Waals surface area contributed by atoms with E-state index in [1.54, 1.807) is 25.1 Å². The molecular formula is C17H14FN3O2. The standard InChI is InChI=1S/C17H14FN3O2/c1-11-16(10-19-13-3-2-4-15(22)9-13)17(23)21(20-11)14-7-5-12(18)6-8-14/h2-10,20,22H,1H3. The molecular weight excluding hydrogens is 297 g/mol. The van der Waals surface area contributed by atoms with Gasteiger partial charge in [0.2, 0.25) is 0 Å². The van der Waals surface area contributed by atoms with Crippen LogP contribution in [0.4, 0.5) is 10.1 Å². The van der Waals surface area contributed by atoms with Crippen molar-refractivity contribution in [1.82, 2.24) is 9.78 Å². The van der Waals surface area contributed by atoms with Crippen LogP contribution in [0, 0.1) is 12.7 Å². The fourth-order valence-electron chi connectivity index (χ4n) is 2.20. The Morgan fingerprint density at radius 2 is 1.96 bits per heavy atom. The third-order valence-corrected chi connectivity index (χ3v) is 3.37. The van der Waals surface area contributed by atoms with Gasteiger partial charge in [-0.2, -0.15) is 0 Å². The molecule has 0 bridgehead atoms. The minimum absolute atomic E-state index is 0.106. The van der Waals surface area contributed by atoms with Crippen molar-refractivity contribution in [2.45, 2.75) is 6.92 Å². The molecule has 0 aliphatic rings. The van der Waals surface area contributed by atoms with E-state index in [1.807, 2.05) is 0 Å². The van der Waals surface area contributed by atoms with Gasteiger partial charge >= 0.3 is 0 Å². The molecule has 0 radical (unpaired) electrons. The minimum Gasteiger partial charge on any atom is -0.508 e. The lowest BCUT2D eigenvalue weighted by Crippen LogP contribution is -2.17. The summed E-state index contributed by atoms with van der Waals surface area (Å²) < 4.78 is 14.3. The Bertz CT molecular complexity index is 924. The Hall–Kier alpha value is -3.15. The van der Waals surface area contributed by atoms with E-state index in [9.17, 15) is 14.3 Å². The van der Waals surface area contributed by atoms with Crippen molar-refractivity contribution in [3.63, 3.8) is 0 Å². The van der Waals surface area contributed by atoms with Crippen molar-refractivity contribution < 1.29 is 9.50 Å². The number of aryl methyl sites for hydroxylation is 1. The summed E-state index contributed by atoms with van der Waals surface area (Å²) in [6.07, 6.45) is 1.45. The molecule has 2 aromatic carbocycles. The molecule has 3 rings (SSSR count). The number of hydrogen-bond donors (Lipinski definition) is 2. The number of H-pyrrole nitrogens is 1. The molecule has 6 heteroatoms. The second kappa shape index (κ2) is 5.92. The highest BCUT2D eigenvalue weighted by Crippen LogP contribution is 2.18. The monoisotopic (exact) mass is 311 g/mol. The summed E-state index contributed by atoms with van der Waals surface area (Å²) in [7, 11) is 0. The number of aromatic amines is 1. The second-order valence-electron chi connectivity index (χ2n) is 5.05. The molecule has 23 heavy (non-hydrogen) atoms. The Labute approximate surface area is 131 Å². The Morgan fingerprint density at radius 3 is 2.65 bits per heavy atom. The van der Waals surface area contributed by atoms with Gasteiger partial charge in [-0.3, -0.25) is 14.9 Å². The first-order valence-corrected chi connectivity index (χ1v) is 6.95. The summed E-state index contributed by atoms with van der Waals surface area (Å²) >= 11 is 0.